The van der Waals surface area contributed by atoms with Gasteiger partial charge < -0.3 is 19.8 Å². The molecule has 0 saturated carbocycles. The zero-order valence-corrected chi connectivity index (χ0v) is 12.5. The number of rotatable bonds is 4. The van der Waals surface area contributed by atoms with Crippen LogP contribution in [0.2, 0.25) is 0 Å². The van der Waals surface area contributed by atoms with Gasteiger partial charge in [0, 0.05) is 24.6 Å². The summed E-state index contributed by atoms with van der Waals surface area (Å²) in [7, 11) is 1.66. The van der Waals surface area contributed by atoms with Gasteiger partial charge in [-0.25, -0.2) is 4.98 Å². The molecule has 0 spiro atoms. The number of imidazole rings is 1. The van der Waals surface area contributed by atoms with E-state index in [1.54, 1.807) is 7.11 Å². The van der Waals surface area contributed by atoms with Crippen LogP contribution >= 0.6 is 0 Å². The van der Waals surface area contributed by atoms with Gasteiger partial charge >= 0.3 is 0 Å². The molecular weight excluding hydrogens is 266 g/mol. The van der Waals surface area contributed by atoms with Crippen LogP contribution in [0.15, 0.2) is 30.7 Å². The van der Waals surface area contributed by atoms with Gasteiger partial charge in [-0.05, 0) is 24.6 Å². The van der Waals surface area contributed by atoms with Crippen molar-refractivity contribution in [2.75, 3.05) is 7.11 Å². The summed E-state index contributed by atoms with van der Waals surface area (Å²) in [6.07, 6.45) is 5.50. The maximum Gasteiger partial charge on any atom is 0.142 e. The maximum atomic E-state index is 6.33. The average Bonchev–Trinajstić information content (AvgIpc) is 2.95. The predicted octanol–water partition coefficient (Wildman–Crippen LogP) is 2.83. The first kappa shape index (κ1) is 13.9. The summed E-state index contributed by atoms with van der Waals surface area (Å²) in [6.45, 7) is 3.10. The highest BCUT2D eigenvalue weighted by Gasteiger charge is 2.29. The summed E-state index contributed by atoms with van der Waals surface area (Å²) in [6, 6.07) is 5.73. The van der Waals surface area contributed by atoms with Crippen molar-refractivity contribution < 1.29 is 9.47 Å². The van der Waals surface area contributed by atoms with Gasteiger partial charge in [-0.15, -0.1) is 0 Å². The highest BCUT2D eigenvalue weighted by molar-refractivity contribution is 5.44. The number of methoxy groups -OCH3 is 1. The first-order valence-corrected chi connectivity index (χ1v) is 7.33. The van der Waals surface area contributed by atoms with Crippen LogP contribution in [0.3, 0.4) is 0 Å². The Morgan fingerprint density at radius 3 is 3.10 bits per heavy atom. The average molecular weight is 287 g/mol. The number of hydrogen-bond acceptors (Lipinski definition) is 4. The Morgan fingerprint density at radius 1 is 1.48 bits per heavy atom. The first-order valence-electron chi connectivity index (χ1n) is 7.33. The molecule has 21 heavy (non-hydrogen) atoms. The lowest BCUT2D eigenvalue weighted by Gasteiger charge is -2.31. The molecule has 5 nitrogen and oxygen atoms in total. The van der Waals surface area contributed by atoms with E-state index in [0.29, 0.717) is 0 Å². The van der Waals surface area contributed by atoms with Gasteiger partial charge in [0.1, 0.15) is 17.6 Å². The molecule has 0 aliphatic carbocycles. The second-order valence-electron chi connectivity index (χ2n) is 5.36. The minimum Gasteiger partial charge on any atom is -0.497 e. The molecule has 3 rings (SSSR count). The number of fused-ring (bicyclic) bond motifs is 1. The Hall–Kier alpha value is -2.01. The molecule has 2 atom stereocenters. The van der Waals surface area contributed by atoms with Crippen molar-refractivity contribution >= 4 is 0 Å². The van der Waals surface area contributed by atoms with Gasteiger partial charge in [0.15, 0.2) is 0 Å². The number of ether oxygens (including phenoxy) is 2. The molecular formula is C16H21N3O2. The van der Waals surface area contributed by atoms with E-state index < -0.39 is 0 Å². The third-order valence-electron chi connectivity index (χ3n) is 3.89. The van der Waals surface area contributed by atoms with E-state index in [1.165, 1.54) is 0 Å². The second-order valence-corrected chi connectivity index (χ2v) is 5.36. The van der Waals surface area contributed by atoms with E-state index in [4.69, 9.17) is 15.2 Å². The number of aromatic nitrogens is 2. The molecule has 112 valence electrons. The van der Waals surface area contributed by atoms with E-state index in [-0.39, 0.29) is 12.1 Å². The molecule has 1 aliphatic rings. The first-order chi connectivity index (χ1) is 10.2. The normalized spacial score (nSPS) is 20.7. The molecule has 1 unspecified atom stereocenters. The largest absolute Gasteiger partial charge is 0.497 e. The van der Waals surface area contributed by atoms with Gasteiger partial charge in [0.2, 0.25) is 0 Å². The molecule has 2 N–H and O–H groups in total. The van der Waals surface area contributed by atoms with Crippen molar-refractivity contribution in [3.8, 4) is 11.5 Å². The monoisotopic (exact) mass is 287 g/mol. The molecule has 0 fully saturated rings. The fourth-order valence-corrected chi connectivity index (χ4v) is 2.82. The van der Waals surface area contributed by atoms with Crippen LogP contribution in [0.25, 0.3) is 0 Å². The zero-order valence-electron chi connectivity index (χ0n) is 12.5. The Balaban J connectivity index is 1.89. The number of nitrogens with zero attached hydrogens (tertiary/aromatic N) is 2. The molecule has 0 bridgehead atoms. The van der Waals surface area contributed by atoms with Crippen LogP contribution in [0.4, 0.5) is 0 Å². The predicted molar refractivity (Wildman–Crippen MR) is 80.4 cm³/mol. The van der Waals surface area contributed by atoms with Crippen molar-refractivity contribution in [3.05, 3.63) is 42.0 Å². The fraction of sp³-hybridized carbons (Fsp3) is 0.438. The molecule has 2 heterocycles. The van der Waals surface area contributed by atoms with Crippen molar-refractivity contribution in [2.24, 2.45) is 5.73 Å². The van der Waals surface area contributed by atoms with Crippen molar-refractivity contribution in [3.63, 3.8) is 0 Å². The lowest BCUT2D eigenvalue weighted by Crippen LogP contribution is -2.25. The van der Waals surface area contributed by atoms with Crippen molar-refractivity contribution in [2.45, 2.75) is 38.5 Å². The molecule has 1 aliphatic heterocycles. The van der Waals surface area contributed by atoms with E-state index >= 15 is 0 Å². The Morgan fingerprint density at radius 2 is 2.33 bits per heavy atom. The third kappa shape index (κ3) is 2.61. The lowest BCUT2D eigenvalue weighted by molar-refractivity contribution is 0.152. The summed E-state index contributed by atoms with van der Waals surface area (Å²) >= 11 is 0. The minimum atomic E-state index is -0.0566. The topological polar surface area (TPSA) is 62.3 Å². The number of hydrogen-bond donors (Lipinski definition) is 1. The number of aryl methyl sites for hydroxylation is 1. The minimum absolute atomic E-state index is 0.0463. The third-order valence-corrected chi connectivity index (χ3v) is 3.89. The Bertz CT molecular complexity index is 624. The van der Waals surface area contributed by atoms with E-state index in [2.05, 4.69) is 16.5 Å². The smallest absolute Gasteiger partial charge is 0.142 e. The lowest BCUT2D eigenvalue weighted by atomic mass is 9.95. The van der Waals surface area contributed by atoms with E-state index in [0.717, 1.165) is 42.1 Å². The Kier molecular flexibility index (Phi) is 3.84. The number of benzene rings is 1. The maximum absolute atomic E-state index is 6.33. The highest BCUT2D eigenvalue weighted by atomic mass is 16.5. The molecule has 0 saturated heterocycles. The molecule has 5 heteroatoms. The quantitative estimate of drug-likeness (QED) is 0.939. The van der Waals surface area contributed by atoms with Gasteiger partial charge in [-0.1, -0.05) is 6.92 Å². The number of nitrogens with two attached hydrogens (primary N) is 1. The van der Waals surface area contributed by atoms with Gasteiger partial charge in [-0.2, -0.15) is 0 Å². The molecule has 0 amide bonds. The van der Waals surface area contributed by atoms with Crippen molar-refractivity contribution in [1.82, 2.24) is 9.55 Å². The summed E-state index contributed by atoms with van der Waals surface area (Å²) in [5.74, 6) is 1.64. The molecule has 0 radical (unpaired) electrons. The summed E-state index contributed by atoms with van der Waals surface area (Å²) in [4.78, 5) is 4.25. The van der Waals surface area contributed by atoms with Crippen molar-refractivity contribution in [1.29, 1.82) is 0 Å². The molecule has 1 aromatic heterocycles. The van der Waals surface area contributed by atoms with Crippen LogP contribution in [0, 0.1) is 0 Å². The second kappa shape index (κ2) is 5.77. The Labute approximate surface area is 124 Å². The SMILES string of the molecule is CCCn1cncc1C1C[C@H](N)c2cc(OC)ccc2O1. The summed E-state index contributed by atoms with van der Waals surface area (Å²) < 4.78 is 13.5. The van der Waals surface area contributed by atoms with Gasteiger partial charge in [-0.3, -0.25) is 0 Å². The van der Waals surface area contributed by atoms with E-state index in [9.17, 15) is 0 Å². The fourth-order valence-electron chi connectivity index (χ4n) is 2.82. The molecule has 1 aromatic carbocycles. The summed E-state index contributed by atoms with van der Waals surface area (Å²) in [5, 5.41) is 0. The zero-order chi connectivity index (χ0) is 14.8. The highest BCUT2D eigenvalue weighted by Crippen LogP contribution is 2.41. The van der Waals surface area contributed by atoms with Crippen LogP contribution in [-0.4, -0.2) is 16.7 Å². The molecule has 2 aromatic rings. The van der Waals surface area contributed by atoms with Gasteiger partial charge in [0.25, 0.3) is 0 Å². The van der Waals surface area contributed by atoms with Crippen LogP contribution in [0.5, 0.6) is 11.5 Å². The van der Waals surface area contributed by atoms with Crippen LogP contribution in [0.1, 0.15) is 43.2 Å². The van der Waals surface area contributed by atoms with Gasteiger partial charge in [0.05, 0.1) is 25.3 Å². The van der Waals surface area contributed by atoms with Crippen LogP contribution < -0.4 is 15.2 Å². The van der Waals surface area contributed by atoms with Crippen LogP contribution in [-0.2, 0) is 6.54 Å². The van der Waals surface area contributed by atoms with E-state index in [1.807, 2.05) is 30.7 Å². The standard InChI is InChI=1S/C16H21N3O2/c1-3-6-19-10-18-9-14(19)16-8-13(17)12-7-11(20-2)4-5-15(12)21-16/h4-5,7,9-10,13,16H,3,6,8,17H2,1-2H3/t13-,16?/m0/s1. The summed E-state index contributed by atoms with van der Waals surface area (Å²) in [5.41, 5.74) is 8.42.